The smallest absolute Gasteiger partial charge is 0.335 e. The molecule has 0 fully saturated rings. The molecule has 0 aliphatic heterocycles. The molecule has 0 aliphatic carbocycles. The van der Waals surface area contributed by atoms with Gasteiger partial charge >= 0.3 is 11.9 Å². The lowest BCUT2D eigenvalue weighted by atomic mass is 10.2. The second kappa shape index (κ2) is 8.84. The van der Waals surface area contributed by atoms with Crippen LogP contribution in [-0.2, 0) is 9.59 Å². The van der Waals surface area contributed by atoms with E-state index in [4.69, 9.17) is 15.5 Å². The molecule has 4 N–H and O–H groups in total. The van der Waals surface area contributed by atoms with Crippen LogP contribution in [0.2, 0.25) is 0 Å². The number of nitrogens with one attached hydrogen (secondary N) is 2. The molecule has 0 heterocycles. The number of aliphatic carboxylic acids is 1. The summed E-state index contributed by atoms with van der Waals surface area (Å²) in [6, 6.07) is 7.60. The van der Waals surface area contributed by atoms with E-state index in [1.807, 2.05) is 0 Å². The van der Waals surface area contributed by atoms with Gasteiger partial charge in [0.1, 0.15) is 11.6 Å². The number of hydrogen-bond acceptors (Lipinski definition) is 5. The Morgan fingerprint density at radius 2 is 2.00 bits per heavy atom. The van der Waals surface area contributed by atoms with Crippen LogP contribution in [0, 0.1) is 11.3 Å². The van der Waals surface area contributed by atoms with Crippen molar-refractivity contribution < 1.29 is 24.6 Å². The molecular formula is C15H15N3O5. The van der Waals surface area contributed by atoms with Crippen molar-refractivity contribution in [2.45, 2.75) is 12.8 Å². The molecule has 0 unspecified atom stereocenters. The van der Waals surface area contributed by atoms with Gasteiger partial charge < -0.3 is 20.8 Å². The molecule has 0 saturated carbocycles. The van der Waals surface area contributed by atoms with Gasteiger partial charge in [-0.1, -0.05) is 6.07 Å². The Hall–Kier alpha value is -3.34. The zero-order valence-electron chi connectivity index (χ0n) is 12.1. The number of carboxylic acid groups (broad SMARTS) is 2. The van der Waals surface area contributed by atoms with Crippen molar-refractivity contribution in [3.63, 3.8) is 0 Å². The number of nitrogens with zero attached hydrogens (tertiary/aromatic N) is 1. The standard InChI is InChI=1S/C15H15N3O5/c16-8-11(14(21)17-6-2-5-13(19)20)9-18-12-4-1-3-10(7-12)15(22)23/h1,3-4,7,9,18H,2,5-6H2,(H,17,21)(H,19,20)(H,22,23)/b11-9-. The molecule has 1 aromatic carbocycles. The second-order valence-corrected chi connectivity index (χ2v) is 4.45. The Bertz CT molecular complexity index is 676. The van der Waals surface area contributed by atoms with Gasteiger partial charge in [-0.15, -0.1) is 0 Å². The first-order valence-electron chi connectivity index (χ1n) is 6.64. The van der Waals surface area contributed by atoms with Crippen LogP contribution < -0.4 is 10.6 Å². The van der Waals surface area contributed by atoms with E-state index in [2.05, 4.69) is 10.6 Å². The summed E-state index contributed by atoms with van der Waals surface area (Å²) < 4.78 is 0. The number of carbonyl (C=O) groups is 3. The highest BCUT2D eigenvalue weighted by Gasteiger charge is 2.09. The normalized spacial score (nSPS) is 10.5. The van der Waals surface area contributed by atoms with Crippen LogP contribution in [0.25, 0.3) is 0 Å². The molecule has 1 aromatic rings. The number of carboxylic acids is 2. The Kier molecular flexibility index (Phi) is 6.81. The largest absolute Gasteiger partial charge is 0.481 e. The minimum Gasteiger partial charge on any atom is -0.481 e. The van der Waals surface area contributed by atoms with Crippen molar-refractivity contribution >= 4 is 23.5 Å². The first-order chi connectivity index (χ1) is 10.9. The molecule has 8 nitrogen and oxygen atoms in total. The number of benzene rings is 1. The summed E-state index contributed by atoms with van der Waals surface area (Å²) in [5.41, 5.74) is 0.275. The Labute approximate surface area is 132 Å². The molecule has 8 heteroatoms. The van der Waals surface area contributed by atoms with E-state index in [0.29, 0.717) is 5.69 Å². The molecule has 0 aliphatic rings. The van der Waals surface area contributed by atoms with Crippen molar-refractivity contribution in [2.24, 2.45) is 0 Å². The van der Waals surface area contributed by atoms with E-state index >= 15 is 0 Å². The lowest BCUT2D eigenvalue weighted by Crippen LogP contribution is -2.26. The van der Waals surface area contributed by atoms with Gasteiger partial charge in [-0.3, -0.25) is 9.59 Å². The van der Waals surface area contributed by atoms with E-state index < -0.39 is 17.8 Å². The Morgan fingerprint density at radius 1 is 1.26 bits per heavy atom. The number of aromatic carboxylic acids is 1. The van der Waals surface area contributed by atoms with Gasteiger partial charge in [0.15, 0.2) is 0 Å². The quantitative estimate of drug-likeness (QED) is 0.321. The van der Waals surface area contributed by atoms with E-state index in [1.54, 1.807) is 12.1 Å². The first-order valence-corrected chi connectivity index (χ1v) is 6.64. The topological polar surface area (TPSA) is 140 Å². The van der Waals surface area contributed by atoms with E-state index in [1.165, 1.54) is 18.2 Å². The summed E-state index contributed by atoms with van der Waals surface area (Å²) in [6.45, 7) is 0.138. The van der Waals surface area contributed by atoms with Crippen LogP contribution in [-0.4, -0.2) is 34.6 Å². The number of amides is 1. The van der Waals surface area contributed by atoms with Crippen LogP contribution in [0.3, 0.4) is 0 Å². The van der Waals surface area contributed by atoms with E-state index in [-0.39, 0.29) is 30.5 Å². The molecule has 0 aromatic heterocycles. The third-order valence-corrected chi connectivity index (χ3v) is 2.71. The van der Waals surface area contributed by atoms with Crippen molar-refractivity contribution in [1.82, 2.24) is 5.32 Å². The van der Waals surface area contributed by atoms with Gasteiger partial charge in [0.2, 0.25) is 0 Å². The number of hydrogen-bond donors (Lipinski definition) is 4. The molecule has 0 saturated heterocycles. The fourth-order valence-electron chi connectivity index (χ4n) is 1.58. The van der Waals surface area contributed by atoms with Gasteiger partial charge in [-0.05, 0) is 24.6 Å². The van der Waals surface area contributed by atoms with Crippen molar-refractivity contribution in [2.75, 3.05) is 11.9 Å². The number of carbonyl (C=O) groups excluding carboxylic acids is 1. The van der Waals surface area contributed by atoms with Crippen LogP contribution in [0.4, 0.5) is 5.69 Å². The highest BCUT2D eigenvalue weighted by molar-refractivity contribution is 5.97. The van der Waals surface area contributed by atoms with Crippen molar-refractivity contribution in [3.05, 3.63) is 41.6 Å². The fourth-order valence-corrected chi connectivity index (χ4v) is 1.58. The minimum absolute atomic E-state index is 0.0695. The molecule has 120 valence electrons. The van der Waals surface area contributed by atoms with Crippen molar-refractivity contribution in [3.8, 4) is 6.07 Å². The average molecular weight is 317 g/mol. The lowest BCUT2D eigenvalue weighted by molar-refractivity contribution is -0.137. The van der Waals surface area contributed by atoms with E-state index in [0.717, 1.165) is 6.20 Å². The second-order valence-electron chi connectivity index (χ2n) is 4.45. The number of anilines is 1. The SMILES string of the molecule is N#C/C(=C/Nc1cccc(C(=O)O)c1)C(=O)NCCCC(=O)O. The average Bonchev–Trinajstić information content (AvgIpc) is 2.52. The molecule has 0 atom stereocenters. The molecular weight excluding hydrogens is 302 g/mol. The van der Waals surface area contributed by atoms with Gasteiger partial charge in [0.05, 0.1) is 5.56 Å². The summed E-state index contributed by atoms with van der Waals surface area (Å²) in [4.78, 5) is 32.9. The predicted octanol–water partition coefficient (Wildman–Crippen LogP) is 1.19. The highest BCUT2D eigenvalue weighted by atomic mass is 16.4. The molecule has 1 amide bonds. The summed E-state index contributed by atoms with van der Waals surface area (Å²) in [5, 5.41) is 31.4. The maximum absolute atomic E-state index is 11.7. The maximum Gasteiger partial charge on any atom is 0.335 e. The number of rotatable bonds is 8. The van der Waals surface area contributed by atoms with E-state index in [9.17, 15) is 14.4 Å². The molecule has 1 rings (SSSR count). The molecule has 0 spiro atoms. The number of nitriles is 1. The monoisotopic (exact) mass is 317 g/mol. The maximum atomic E-state index is 11.7. The third kappa shape index (κ3) is 6.31. The Morgan fingerprint density at radius 3 is 2.61 bits per heavy atom. The van der Waals surface area contributed by atoms with Gasteiger partial charge in [0, 0.05) is 24.9 Å². The summed E-state index contributed by atoms with van der Waals surface area (Å²) in [5.74, 6) is -2.69. The van der Waals surface area contributed by atoms with Crippen molar-refractivity contribution in [1.29, 1.82) is 5.26 Å². The highest BCUT2D eigenvalue weighted by Crippen LogP contribution is 2.11. The molecule has 23 heavy (non-hydrogen) atoms. The van der Waals surface area contributed by atoms with Gasteiger partial charge in [-0.25, -0.2) is 4.79 Å². The first kappa shape index (κ1) is 17.7. The molecule has 0 bridgehead atoms. The van der Waals surface area contributed by atoms with Crippen LogP contribution in [0.15, 0.2) is 36.0 Å². The molecule has 0 radical (unpaired) electrons. The van der Waals surface area contributed by atoms with Gasteiger partial charge in [-0.2, -0.15) is 5.26 Å². The zero-order chi connectivity index (χ0) is 17.2. The predicted molar refractivity (Wildman–Crippen MR) is 80.6 cm³/mol. The van der Waals surface area contributed by atoms with Crippen LogP contribution >= 0.6 is 0 Å². The van der Waals surface area contributed by atoms with Crippen LogP contribution in [0.1, 0.15) is 23.2 Å². The third-order valence-electron chi connectivity index (χ3n) is 2.71. The lowest BCUT2D eigenvalue weighted by Gasteiger charge is -2.05. The summed E-state index contributed by atoms with van der Waals surface area (Å²) in [6.07, 6.45) is 1.34. The van der Waals surface area contributed by atoms with Gasteiger partial charge in [0.25, 0.3) is 5.91 Å². The zero-order valence-corrected chi connectivity index (χ0v) is 12.1. The van der Waals surface area contributed by atoms with Crippen LogP contribution in [0.5, 0.6) is 0 Å². The fraction of sp³-hybridized carbons (Fsp3) is 0.200. The summed E-state index contributed by atoms with van der Waals surface area (Å²) >= 11 is 0. The minimum atomic E-state index is -1.09. The summed E-state index contributed by atoms with van der Waals surface area (Å²) in [7, 11) is 0. The Balaban J connectivity index is 2.63.